The Morgan fingerprint density at radius 2 is 1.70 bits per heavy atom. The smallest absolute Gasteiger partial charge is 0.203 e. The van der Waals surface area contributed by atoms with Crippen molar-refractivity contribution >= 4 is 36.6 Å². The zero-order chi connectivity index (χ0) is 17.6. The Morgan fingerprint density at radius 1 is 1.00 bits per heavy atom. The van der Waals surface area contributed by atoms with E-state index in [0.29, 0.717) is 17.2 Å². The lowest BCUT2D eigenvalue weighted by molar-refractivity contribution is 0.324. The van der Waals surface area contributed by atoms with Gasteiger partial charge in [0.15, 0.2) is 11.5 Å². The van der Waals surface area contributed by atoms with Crippen LogP contribution in [0.2, 0.25) is 0 Å². The van der Waals surface area contributed by atoms with E-state index in [0.717, 1.165) is 36.2 Å². The SMILES string of the molecule is COc1cc(/C=C2\CCCN=C2c2cccnc2)cc(OC)c1OC.Cl.Cl. The number of benzene rings is 1. The first-order valence-electron chi connectivity index (χ1n) is 8.22. The Bertz CT molecular complexity index is 783. The zero-order valence-corrected chi connectivity index (χ0v) is 17.2. The molecule has 0 saturated carbocycles. The molecule has 0 radical (unpaired) electrons. The number of pyridine rings is 1. The minimum Gasteiger partial charge on any atom is -0.493 e. The van der Waals surface area contributed by atoms with E-state index in [1.807, 2.05) is 30.5 Å². The fourth-order valence-electron chi connectivity index (χ4n) is 2.99. The molecule has 0 bridgehead atoms. The van der Waals surface area contributed by atoms with Crippen molar-refractivity contribution < 1.29 is 14.2 Å². The van der Waals surface area contributed by atoms with Gasteiger partial charge in [-0.05, 0) is 54.3 Å². The van der Waals surface area contributed by atoms with Crippen LogP contribution in [0.4, 0.5) is 0 Å². The van der Waals surface area contributed by atoms with Gasteiger partial charge in [0.25, 0.3) is 0 Å². The molecular formula is C20H24Cl2N2O3. The van der Waals surface area contributed by atoms with Gasteiger partial charge in [0.1, 0.15) is 0 Å². The third kappa shape index (κ3) is 5.15. The first kappa shape index (κ1) is 22.8. The van der Waals surface area contributed by atoms with Gasteiger partial charge in [-0.15, -0.1) is 24.8 Å². The summed E-state index contributed by atoms with van der Waals surface area (Å²) in [5, 5.41) is 0. The van der Waals surface area contributed by atoms with E-state index in [1.54, 1.807) is 27.5 Å². The fraction of sp³-hybridized carbons (Fsp3) is 0.300. The molecule has 146 valence electrons. The maximum absolute atomic E-state index is 5.45. The number of aromatic nitrogens is 1. The molecule has 0 saturated heterocycles. The van der Waals surface area contributed by atoms with Crippen LogP contribution in [-0.2, 0) is 0 Å². The van der Waals surface area contributed by atoms with Crippen LogP contribution in [0, 0.1) is 0 Å². The Kier molecular flexibility index (Phi) is 9.12. The standard InChI is InChI=1S/C20H22N2O3.2ClH/c1-23-17-11-14(12-18(24-2)20(17)25-3)10-15-6-5-9-22-19(15)16-7-4-8-21-13-16;;/h4,7-8,10-13H,5-6,9H2,1-3H3;2*1H/b15-10+;;. The van der Waals surface area contributed by atoms with Gasteiger partial charge in [0, 0.05) is 24.5 Å². The maximum atomic E-state index is 5.45. The lowest BCUT2D eigenvalue weighted by Crippen LogP contribution is -2.11. The number of aliphatic imine (C=N–C) groups is 1. The summed E-state index contributed by atoms with van der Waals surface area (Å²) in [6.45, 7) is 0.844. The highest BCUT2D eigenvalue weighted by molar-refractivity contribution is 6.15. The molecule has 3 rings (SSSR count). The molecule has 1 aromatic carbocycles. The molecule has 0 N–H and O–H groups in total. The number of methoxy groups -OCH3 is 3. The Hall–Kier alpha value is -2.24. The number of ether oxygens (including phenoxy) is 3. The van der Waals surface area contributed by atoms with Crippen molar-refractivity contribution in [2.24, 2.45) is 4.99 Å². The van der Waals surface area contributed by atoms with Crippen LogP contribution in [0.25, 0.3) is 6.08 Å². The van der Waals surface area contributed by atoms with Crippen molar-refractivity contribution in [2.45, 2.75) is 12.8 Å². The minimum absolute atomic E-state index is 0. The second kappa shape index (κ2) is 10.8. The summed E-state index contributed by atoms with van der Waals surface area (Å²) in [4.78, 5) is 8.93. The van der Waals surface area contributed by atoms with Crippen LogP contribution in [0.1, 0.15) is 24.0 Å². The molecule has 2 heterocycles. The van der Waals surface area contributed by atoms with Crippen LogP contribution in [-0.4, -0.2) is 38.6 Å². The predicted molar refractivity (Wildman–Crippen MR) is 113 cm³/mol. The van der Waals surface area contributed by atoms with E-state index < -0.39 is 0 Å². The second-order valence-corrected chi connectivity index (χ2v) is 5.70. The third-order valence-corrected chi connectivity index (χ3v) is 4.14. The number of hydrogen-bond donors (Lipinski definition) is 0. The number of nitrogens with zero attached hydrogens (tertiary/aromatic N) is 2. The molecular weight excluding hydrogens is 387 g/mol. The molecule has 1 aliphatic rings. The van der Waals surface area contributed by atoms with Crippen LogP contribution >= 0.6 is 24.8 Å². The summed E-state index contributed by atoms with van der Waals surface area (Å²) in [6.07, 6.45) is 7.78. The summed E-state index contributed by atoms with van der Waals surface area (Å²) < 4.78 is 16.3. The molecule has 0 spiro atoms. The van der Waals surface area contributed by atoms with E-state index in [2.05, 4.69) is 11.1 Å². The van der Waals surface area contributed by atoms with E-state index in [1.165, 1.54) is 5.57 Å². The zero-order valence-electron chi connectivity index (χ0n) is 15.6. The normalized spacial score (nSPS) is 14.5. The lowest BCUT2D eigenvalue weighted by atomic mass is 9.94. The number of rotatable bonds is 5. The largest absolute Gasteiger partial charge is 0.493 e. The Balaban J connectivity index is 0.00000182. The van der Waals surface area contributed by atoms with Gasteiger partial charge < -0.3 is 14.2 Å². The Morgan fingerprint density at radius 3 is 2.26 bits per heavy atom. The molecule has 0 unspecified atom stereocenters. The van der Waals surface area contributed by atoms with E-state index in [4.69, 9.17) is 19.2 Å². The average Bonchev–Trinajstić information content (AvgIpc) is 2.68. The first-order valence-corrected chi connectivity index (χ1v) is 8.22. The van der Waals surface area contributed by atoms with Gasteiger partial charge in [-0.3, -0.25) is 9.98 Å². The van der Waals surface area contributed by atoms with E-state index in [9.17, 15) is 0 Å². The van der Waals surface area contributed by atoms with Crippen LogP contribution < -0.4 is 14.2 Å². The lowest BCUT2D eigenvalue weighted by Gasteiger charge is -2.17. The molecule has 0 atom stereocenters. The molecule has 7 heteroatoms. The number of allylic oxidation sites excluding steroid dienone is 1. The summed E-state index contributed by atoms with van der Waals surface area (Å²) in [5.41, 5.74) is 4.23. The quantitative estimate of drug-likeness (QED) is 0.721. The molecule has 0 aliphatic carbocycles. The van der Waals surface area contributed by atoms with Crippen LogP contribution in [0.3, 0.4) is 0 Å². The van der Waals surface area contributed by atoms with Crippen LogP contribution in [0.5, 0.6) is 17.2 Å². The van der Waals surface area contributed by atoms with Crippen molar-refractivity contribution in [1.82, 2.24) is 4.98 Å². The van der Waals surface area contributed by atoms with Crippen molar-refractivity contribution in [3.05, 3.63) is 53.4 Å². The summed E-state index contributed by atoms with van der Waals surface area (Å²) in [6, 6.07) is 7.87. The molecule has 27 heavy (non-hydrogen) atoms. The van der Waals surface area contributed by atoms with Crippen LogP contribution in [0.15, 0.2) is 47.2 Å². The highest BCUT2D eigenvalue weighted by Crippen LogP contribution is 2.39. The molecule has 5 nitrogen and oxygen atoms in total. The van der Waals surface area contributed by atoms with Gasteiger partial charge in [-0.2, -0.15) is 0 Å². The highest BCUT2D eigenvalue weighted by atomic mass is 35.5. The molecule has 2 aromatic rings. The van der Waals surface area contributed by atoms with Gasteiger partial charge in [-0.25, -0.2) is 0 Å². The number of halogens is 2. The monoisotopic (exact) mass is 410 g/mol. The predicted octanol–water partition coefficient (Wildman–Crippen LogP) is 4.62. The van der Waals surface area contributed by atoms with Gasteiger partial charge in [0.05, 0.1) is 27.0 Å². The minimum atomic E-state index is 0. The van der Waals surface area contributed by atoms with Crippen molar-refractivity contribution in [1.29, 1.82) is 0 Å². The second-order valence-electron chi connectivity index (χ2n) is 5.70. The van der Waals surface area contributed by atoms with Crippen molar-refractivity contribution in [3.8, 4) is 17.2 Å². The topological polar surface area (TPSA) is 52.9 Å². The first-order chi connectivity index (χ1) is 12.3. The summed E-state index contributed by atoms with van der Waals surface area (Å²) >= 11 is 0. The molecule has 0 amide bonds. The molecule has 1 aliphatic heterocycles. The summed E-state index contributed by atoms with van der Waals surface area (Å²) in [7, 11) is 4.85. The van der Waals surface area contributed by atoms with E-state index >= 15 is 0 Å². The fourth-order valence-corrected chi connectivity index (χ4v) is 2.99. The molecule has 0 fully saturated rings. The van der Waals surface area contributed by atoms with Gasteiger partial charge in [-0.1, -0.05) is 0 Å². The Labute approximate surface area is 172 Å². The van der Waals surface area contributed by atoms with Gasteiger partial charge in [0.2, 0.25) is 5.75 Å². The molecule has 1 aromatic heterocycles. The number of hydrogen-bond acceptors (Lipinski definition) is 5. The van der Waals surface area contributed by atoms with Crippen molar-refractivity contribution in [3.63, 3.8) is 0 Å². The highest BCUT2D eigenvalue weighted by Gasteiger charge is 2.16. The maximum Gasteiger partial charge on any atom is 0.203 e. The third-order valence-electron chi connectivity index (χ3n) is 4.14. The van der Waals surface area contributed by atoms with Gasteiger partial charge >= 0.3 is 0 Å². The summed E-state index contributed by atoms with van der Waals surface area (Å²) in [5.74, 6) is 1.88. The van der Waals surface area contributed by atoms with Crippen molar-refractivity contribution in [2.75, 3.05) is 27.9 Å². The van der Waals surface area contributed by atoms with E-state index in [-0.39, 0.29) is 24.8 Å². The average molecular weight is 411 g/mol.